The van der Waals surface area contributed by atoms with Gasteiger partial charge in [0.05, 0.1) is 63.9 Å². The van der Waals surface area contributed by atoms with Crippen LogP contribution in [0.4, 0.5) is 26.3 Å². The van der Waals surface area contributed by atoms with E-state index in [1.165, 1.54) is 58.3 Å². The number of Topliss-reactive ketones (excluding diaryl/α,β-unsaturated/α-hetero) is 4. The lowest BCUT2D eigenvalue weighted by molar-refractivity contribution is -0.201. The van der Waals surface area contributed by atoms with Gasteiger partial charge in [-0.3, -0.25) is 155 Å². The number of aliphatic carboxylic acids is 12. The van der Waals surface area contributed by atoms with E-state index in [4.69, 9.17) is 20.4 Å². The van der Waals surface area contributed by atoms with Gasteiger partial charge in [-0.1, -0.05) is 0 Å². The Morgan fingerprint density at radius 2 is 0.331 bits per heavy atom. The Labute approximate surface area is 733 Å². The molecular formula is C77H132F6N16O28. The molecule has 44 nitrogen and oxygen atoms in total. The maximum atomic E-state index is 13.6. The van der Waals surface area contributed by atoms with E-state index in [0.29, 0.717) is 105 Å². The standard InChI is InChI=1S/C21H35F3N4O7.C19H31F3N4O7.C19H34N4O7.C18H32N4O7/c1-13(16(4)29)25-5-6-26(14(2)18(30)31)7-8-27(15(3)19(32)33)10-12-28(11-9-25)17(20(34)35)21(22,23)24;1-13(27)11-23-3-7-25(14(2)17(30)31)8-4-24(12-15(28)29)6-10-26(9-5-23)16(18(32)33)19(20,21)22;1-14(16(3)24)22-8-4-20(12-17(25)26)6-10-23(15(2)19(29)30)11-7-21(5-9-22)13-18(27)28;1-14(15(2)23)22-9-7-20(12-17(26)27)5-3-19(11-16(24)25)4-6-21(8-10-22)13-18(28)29/h13-15,17H,5-12H2,1-4H3,(H,30,31)(H,32,33)(H,34,35);14,16H,3-12H2,1-2H3,(H,28,29)(H,30,31)(H,32,33);14-15H,4-13H2,1-3H3,(H,25,26)(H,27,28)(H,29,30);14H,3-13H2,1-2H3,(H,24,25)(H,26,27)(H,28,29). The Bertz CT molecular complexity index is 3400. The van der Waals surface area contributed by atoms with Crippen LogP contribution in [0.3, 0.4) is 0 Å². The number of halogens is 6. The summed E-state index contributed by atoms with van der Waals surface area (Å²) in [6, 6.07) is -10.7. The smallest absolute Gasteiger partial charge is 0.414 e. The zero-order valence-electron chi connectivity index (χ0n) is 74.1. The van der Waals surface area contributed by atoms with Gasteiger partial charge >= 0.3 is 84.0 Å². The predicted molar refractivity (Wildman–Crippen MR) is 440 cm³/mol. The van der Waals surface area contributed by atoms with Crippen molar-refractivity contribution in [2.75, 3.05) is 255 Å². The van der Waals surface area contributed by atoms with Crippen LogP contribution >= 0.6 is 0 Å². The first-order chi connectivity index (χ1) is 58.9. The van der Waals surface area contributed by atoms with Crippen LogP contribution in [0.1, 0.15) is 76.2 Å². The lowest BCUT2D eigenvalue weighted by Crippen LogP contribution is -2.58. The molecular weight excluding hydrogens is 1710 g/mol. The first-order valence-corrected chi connectivity index (χ1v) is 41.4. The van der Waals surface area contributed by atoms with Gasteiger partial charge in [0, 0.05) is 209 Å². The Morgan fingerprint density at radius 3 is 0.457 bits per heavy atom. The van der Waals surface area contributed by atoms with Gasteiger partial charge < -0.3 is 61.3 Å². The average Bonchev–Trinajstić information content (AvgIpc) is 0.824. The van der Waals surface area contributed by atoms with Crippen LogP contribution in [-0.2, 0) is 76.7 Å². The van der Waals surface area contributed by atoms with Crippen LogP contribution in [0.25, 0.3) is 0 Å². The molecule has 9 atom stereocenters. The summed E-state index contributed by atoms with van der Waals surface area (Å²) in [5.74, 6) is -15.2. The van der Waals surface area contributed by atoms with Gasteiger partial charge in [0.25, 0.3) is 0 Å². The molecule has 9 unspecified atom stereocenters. The molecule has 4 saturated heterocycles. The van der Waals surface area contributed by atoms with Gasteiger partial charge in [-0.25, -0.2) is 0 Å². The quantitative estimate of drug-likeness (QED) is 0.0295. The fraction of sp³-hybridized carbons (Fsp3) is 0.792. The normalized spacial score (nSPS) is 21.2. The maximum absolute atomic E-state index is 13.6. The molecule has 730 valence electrons. The van der Waals surface area contributed by atoms with Crippen molar-refractivity contribution in [2.45, 2.75) is 143 Å². The van der Waals surface area contributed by atoms with E-state index in [0.717, 1.165) is 9.80 Å². The summed E-state index contributed by atoms with van der Waals surface area (Å²) >= 11 is 0. The number of alkyl halides is 6. The average molecular weight is 1840 g/mol. The van der Waals surface area contributed by atoms with Crippen molar-refractivity contribution < 1.29 is 164 Å². The van der Waals surface area contributed by atoms with Crippen LogP contribution in [-0.4, -0.2) is 556 Å². The van der Waals surface area contributed by atoms with Crippen LogP contribution in [0, 0.1) is 0 Å². The van der Waals surface area contributed by atoms with Crippen molar-refractivity contribution in [2.24, 2.45) is 0 Å². The number of ketones is 4. The van der Waals surface area contributed by atoms with E-state index >= 15 is 0 Å². The highest BCUT2D eigenvalue weighted by molar-refractivity contribution is 5.82. The molecule has 0 radical (unpaired) electrons. The lowest BCUT2D eigenvalue weighted by Gasteiger charge is -2.39. The maximum Gasteiger partial charge on any atom is 0.414 e. The Kier molecular flexibility index (Phi) is 53.1. The molecule has 0 amide bonds. The second-order valence-corrected chi connectivity index (χ2v) is 31.8. The number of carbonyl (C=O) groups excluding carboxylic acids is 4. The minimum atomic E-state index is -5.07. The zero-order chi connectivity index (χ0) is 97.2. The molecule has 0 aromatic heterocycles. The molecule has 12 N–H and O–H groups in total. The van der Waals surface area contributed by atoms with Gasteiger partial charge in [0.1, 0.15) is 47.3 Å². The van der Waals surface area contributed by atoms with Gasteiger partial charge in [-0.2, -0.15) is 26.3 Å². The number of hydrogen-bond acceptors (Lipinski definition) is 32. The third-order valence-corrected chi connectivity index (χ3v) is 22.6. The van der Waals surface area contributed by atoms with E-state index < -0.39 is 139 Å². The van der Waals surface area contributed by atoms with E-state index in [9.17, 15) is 144 Å². The third-order valence-electron chi connectivity index (χ3n) is 22.6. The van der Waals surface area contributed by atoms with Gasteiger partial charge in [-0.15, -0.1) is 0 Å². The van der Waals surface area contributed by atoms with E-state index in [-0.39, 0.29) is 173 Å². The Balaban J connectivity index is 0.000000849. The fourth-order valence-corrected chi connectivity index (χ4v) is 14.3. The summed E-state index contributed by atoms with van der Waals surface area (Å²) in [5.41, 5.74) is 0. The number of carbonyl (C=O) groups is 16. The van der Waals surface area contributed by atoms with Gasteiger partial charge in [0.15, 0.2) is 0 Å². The number of hydrogen-bond donors (Lipinski definition) is 12. The van der Waals surface area contributed by atoms with Crippen LogP contribution in [0.15, 0.2) is 0 Å². The zero-order valence-corrected chi connectivity index (χ0v) is 74.1. The van der Waals surface area contributed by atoms with Gasteiger partial charge in [-0.05, 0) is 76.2 Å². The molecule has 0 spiro atoms. The number of carboxylic acids is 12. The molecule has 0 aromatic carbocycles. The topological polar surface area (TPSA) is 568 Å². The predicted octanol–water partition coefficient (Wildman–Crippen LogP) is -3.22. The monoisotopic (exact) mass is 1840 g/mol. The molecule has 0 bridgehead atoms. The molecule has 0 aromatic rings. The summed E-state index contributed by atoms with van der Waals surface area (Å²) in [6.07, 6.45) is -10.1. The van der Waals surface area contributed by atoms with Crippen molar-refractivity contribution in [3.05, 3.63) is 0 Å². The van der Waals surface area contributed by atoms with Crippen molar-refractivity contribution in [3.8, 4) is 0 Å². The molecule has 4 aliphatic rings. The summed E-state index contributed by atoms with van der Waals surface area (Å²) < 4.78 is 81.4. The fourth-order valence-electron chi connectivity index (χ4n) is 14.3. The second kappa shape index (κ2) is 58.0. The Morgan fingerprint density at radius 1 is 0.205 bits per heavy atom. The lowest BCUT2D eigenvalue weighted by atomic mass is 10.1. The number of nitrogens with zero attached hydrogens (tertiary/aromatic N) is 16. The highest BCUT2D eigenvalue weighted by atomic mass is 19.4. The molecule has 127 heavy (non-hydrogen) atoms. The summed E-state index contributed by atoms with van der Waals surface area (Å²) in [5, 5.41) is 111. The SMILES string of the molecule is CC(=O)C(C)N1CCN(C(C)C(=O)O)CCN(C(C)C(=O)O)CCN(C(C(=O)O)C(F)(F)F)CC1.CC(=O)C(C)N1CCN(CC(=O)O)CCN(C(C)C(=O)O)CCN(CC(=O)O)CC1.CC(=O)C(C)N1CCN(CC(=O)O)CCN(CC(=O)O)CCN(CC(=O)O)CC1.CC(=O)CN1CCN(C(C)C(=O)O)CCN(CC(=O)O)CCN(C(C(=O)O)C(F)(F)F)CC1. The minimum Gasteiger partial charge on any atom is -0.480 e. The van der Waals surface area contributed by atoms with E-state index in [2.05, 4.69) is 0 Å². The van der Waals surface area contributed by atoms with Crippen molar-refractivity contribution in [3.63, 3.8) is 0 Å². The third kappa shape index (κ3) is 46.4. The van der Waals surface area contributed by atoms with Gasteiger partial charge in [0.2, 0.25) is 12.1 Å². The van der Waals surface area contributed by atoms with Crippen molar-refractivity contribution >= 4 is 94.8 Å². The van der Waals surface area contributed by atoms with Crippen LogP contribution in [0.5, 0.6) is 0 Å². The molecule has 0 aliphatic carbocycles. The molecule has 4 aliphatic heterocycles. The van der Waals surface area contributed by atoms with Crippen LogP contribution in [0.2, 0.25) is 0 Å². The summed E-state index contributed by atoms with van der Waals surface area (Å²) in [6.45, 7) is 20.4. The molecule has 4 rings (SSSR count). The number of rotatable bonds is 32. The Hall–Kier alpha value is -8.74. The second-order valence-electron chi connectivity index (χ2n) is 31.8. The van der Waals surface area contributed by atoms with Crippen molar-refractivity contribution in [1.29, 1.82) is 0 Å². The highest BCUT2D eigenvalue weighted by Crippen LogP contribution is 2.28. The molecule has 4 heterocycles. The number of carboxylic acid groups (broad SMARTS) is 12. The molecule has 4 fully saturated rings. The van der Waals surface area contributed by atoms with Crippen LogP contribution < -0.4 is 0 Å². The summed E-state index contributed by atoms with van der Waals surface area (Å²) in [7, 11) is 0. The molecule has 50 heteroatoms. The largest absolute Gasteiger partial charge is 0.480 e. The van der Waals surface area contributed by atoms with E-state index in [1.807, 2.05) is 9.80 Å². The summed E-state index contributed by atoms with van der Waals surface area (Å²) in [4.78, 5) is 209. The molecule has 0 saturated carbocycles. The first kappa shape index (κ1) is 116. The highest BCUT2D eigenvalue weighted by Gasteiger charge is 2.51. The minimum absolute atomic E-state index is 0.0145. The van der Waals surface area contributed by atoms with E-state index in [1.54, 1.807) is 76.7 Å². The van der Waals surface area contributed by atoms with Crippen molar-refractivity contribution in [1.82, 2.24) is 78.4 Å². The first-order valence-electron chi connectivity index (χ1n) is 41.4.